The molecule has 1 aromatic heterocycles. The summed E-state index contributed by atoms with van der Waals surface area (Å²) in [5, 5.41) is 0. The standard InChI is InChI=1S/C14H22N2O2/c1-2-17-11-12-18-13-6-9-16(10-7-13)14-5-3-4-8-15-14/h3-5,8,13H,2,6-7,9-12H2,1H3. The van der Waals surface area contributed by atoms with Gasteiger partial charge in [-0.15, -0.1) is 0 Å². The second-order valence-electron chi connectivity index (χ2n) is 4.44. The van der Waals surface area contributed by atoms with E-state index in [0.29, 0.717) is 19.3 Å². The molecule has 0 bridgehead atoms. The highest BCUT2D eigenvalue weighted by Gasteiger charge is 2.20. The summed E-state index contributed by atoms with van der Waals surface area (Å²) < 4.78 is 11.1. The molecule has 1 aliphatic heterocycles. The Balaban J connectivity index is 1.68. The number of hydrogen-bond donors (Lipinski definition) is 0. The minimum Gasteiger partial charge on any atom is -0.379 e. The first-order chi connectivity index (χ1) is 8.90. The highest BCUT2D eigenvalue weighted by molar-refractivity contribution is 5.37. The van der Waals surface area contributed by atoms with Gasteiger partial charge in [0.25, 0.3) is 0 Å². The maximum absolute atomic E-state index is 5.80. The Labute approximate surface area is 109 Å². The van der Waals surface area contributed by atoms with Crippen molar-refractivity contribution in [2.45, 2.75) is 25.9 Å². The zero-order valence-electron chi connectivity index (χ0n) is 11.0. The van der Waals surface area contributed by atoms with Crippen LogP contribution in [0.2, 0.25) is 0 Å². The molecule has 4 nitrogen and oxygen atoms in total. The predicted octanol–water partition coefficient (Wildman–Crippen LogP) is 2.10. The second-order valence-corrected chi connectivity index (χ2v) is 4.44. The third-order valence-corrected chi connectivity index (χ3v) is 3.20. The summed E-state index contributed by atoms with van der Waals surface area (Å²) in [6.07, 6.45) is 4.37. The molecule has 0 saturated carbocycles. The van der Waals surface area contributed by atoms with Gasteiger partial charge in [0.2, 0.25) is 0 Å². The molecule has 1 aliphatic rings. The zero-order valence-corrected chi connectivity index (χ0v) is 11.0. The van der Waals surface area contributed by atoms with E-state index in [-0.39, 0.29) is 0 Å². The van der Waals surface area contributed by atoms with Crippen molar-refractivity contribution in [2.75, 3.05) is 37.8 Å². The summed E-state index contributed by atoms with van der Waals surface area (Å²) >= 11 is 0. The fourth-order valence-corrected chi connectivity index (χ4v) is 2.21. The molecular weight excluding hydrogens is 228 g/mol. The Bertz CT molecular complexity index is 324. The van der Waals surface area contributed by atoms with Crippen LogP contribution in [0.25, 0.3) is 0 Å². The molecule has 1 fully saturated rings. The number of piperidine rings is 1. The molecule has 0 unspecified atom stereocenters. The topological polar surface area (TPSA) is 34.6 Å². The molecule has 0 spiro atoms. The molecule has 100 valence electrons. The first-order valence-electron chi connectivity index (χ1n) is 6.75. The van der Waals surface area contributed by atoms with Crippen LogP contribution in [0.15, 0.2) is 24.4 Å². The van der Waals surface area contributed by atoms with Crippen LogP contribution in [0.3, 0.4) is 0 Å². The van der Waals surface area contributed by atoms with E-state index in [9.17, 15) is 0 Å². The largest absolute Gasteiger partial charge is 0.379 e. The van der Waals surface area contributed by atoms with Crippen LogP contribution in [-0.2, 0) is 9.47 Å². The summed E-state index contributed by atoms with van der Waals surface area (Å²) in [6, 6.07) is 6.05. The summed E-state index contributed by atoms with van der Waals surface area (Å²) in [6.45, 7) is 6.23. The Morgan fingerprint density at radius 2 is 2.11 bits per heavy atom. The normalized spacial score (nSPS) is 17.1. The molecule has 0 aromatic carbocycles. The van der Waals surface area contributed by atoms with Gasteiger partial charge < -0.3 is 14.4 Å². The number of rotatable bonds is 6. The minimum atomic E-state index is 0.380. The lowest BCUT2D eigenvalue weighted by molar-refractivity contribution is -0.00235. The van der Waals surface area contributed by atoms with Crippen LogP contribution in [0.1, 0.15) is 19.8 Å². The Morgan fingerprint density at radius 3 is 2.78 bits per heavy atom. The van der Waals surface area contributed by atoms with Crippen LogP contribution < -0.4 is 4.90 Å². The average Bonchev–Trinajstić information content (AvgIpc) is 2.45. The number of hydrogen-bond acceptors (Lipinski definition) is 4. The van der Waals surface area contributed by atoms with E-state index in [0.717, 1.165) is 38.4 Å². The molecule has 0 N–H and O–H groups in total. The summed E-state index contributed by atoms with van der Waals surface area (Å²) in [7, 11) is 0. The average molecular weight is 250 g/mol. The van der Waals surface area contributed by atoms with E-state index in [1.54, 1.807) is 0 Å². The van der Waals surface area contributed by atoms with Gasteiger partial charge in [-0.1, -0.05) is 6.07 Å². The van der Waals surface area contributed by atoms with Crippen LogP contribution in [0.5, 0.6) is 0 Å². The van der Waals surface area contributed by atoms with Crippen molar-refractivity contribution in [2.24, 2.45) is 0 Å². The number of pyridine rings is 1. The van der Waals surface area contributed by atoms with Crippen molar-refractivity contribution in [1.82, 2.24) is 4.98 Å². The molecule has 0 radical (unpaired) electrons. The van der Waals surface area contributed by atoms with Gasteiger partial charge >= 0.3 is 0 Å². The van der Waals surface area contributed by atoms with Crippen LogP contribution in [-0.4, -0.2) is 44.0 Å². The fourth-order valence-electron chi connectivity index (χ4n) is 2.21. The third kappa shape index (κ3) is 3.96. The lowest BCUT2D eigenvalue weighted by Crippen LogP contribution is -2.37. The molecule has 18 heavy (non-hydrogen) atoms. The molecule has 1 saturated heterocycles. The maximum Gasteiger partial charge on any atom is 0.128 e. The molecule has 4 heteroatoms. The van der Waals surface area contributed by atoms with E-state index >= 15 is 0 Å². The second kappa shape index (κ2) is 7.34. The monoisotopic (exact) mass is 250 g/mol. The van der Waals surface area contributed by atoms with Crippen molar-refractivity contribution in [3.8, 4) is 0 Å². The summed E-state index contributed by atoms with van der Waals surface area (Å²) in [4.78, 5) is 6.70. The van der Waals surface area contributed by atoms with E-state index < -0.39 is 0 Å². The molecule has 0 atom stereocenters. The van der Waals surface area contributed by atoms with Crippen molar-refractivity contribution in [1.29, 1.82) is 0 Å². The van der Waals surface area contributed by atoms with Crippen molar-refractivity contribution in [3.05, 3.63) is 24.4 Å². The van der Waals surface area contributed by atoms with Gasteiger partial charge in [-0.2, -0.15) is 0 Å². The predicted molar refractivity (Wildman–Crippen MR) is 71.9 cm³/mol. The van der Waals surface area contributed by atoms with E-state index in [2.05, 4.69) is 16.0 Å². The number of ether oxygens (including phenoxy) is 2. The van der Waals surface area contributed by atoms with E-state index in [1.807, 2.05) is 25.3 Å². The zero-order chi connectivity index (χ0) is 12.6. The van der Waals surface area contributed by atoms with Gasteiger partial charge in [-0.25, -0.2) is 4.98 Å². The quantitative estimate of drug-likeness (QED) is 0.724. The lowest BCUT2D eigenvalue weighted by atomic mass is 10.1. The van der Waals surface area contributed by atoms with Crippen LogP contribution in [0.4, 0.5) is 5.82 Å². The van der Waals surface area contributed by atoms with Crippen molar-refractivity contribution < 1.29 is 9.47 Å². The first kappa shape index (κ1) is 13.3. The van der Waals surface area contributed by atoms with Gasteiger partial charge in [0, 0.05) is 25.9 Å². The van der Waals surface area contributed by atoms with Crippen molar-refractivity contribution >= 4 is 5.82 Å². The molecular formula is C14H22N2O2. The smallest absolute Gasteiger partial charge is 0.128 e. The Hall–Kier alpha value is -1.13. The summed E-state index contributed by atoms with van der Waals surface area (Å²) in [5.41, 5.74) is 0. The molecule has 2 heterocycles. The van der Waals surface area contributed by atoms with E-state index in [4.69, 9.17) is 9.47 Å². The number of aromatic nitrogens is 1. The van der Waals surface area contributed by atoms with Gasteiger partial charge in [0.1, 0.15) is 5.82 Å². The van der Waals surface area contributed by atoms with Gasteiger partial charge in [-0.05, 0) is 31.9 Å². The van der Waals surface area contributed by atoms with Crippen LogP contribution in [0, 0.1) is 0 Å². The maximum atomic E-state index is 5.80. The third-order valence-electron chi connectivity index (χ3n) is 3.20. The Kier molecular flexibility index (Phi) is 5.42. The first-order valence-corrected chi connectivity index (χ1v) is 6.75. The SMILES string of the molecule is CCOCCOC1CCN(c2ccccn2)CC1. The highest BCUT2D eigenvalue weighted by Crippen LogP contribution is 2.18. The lowest BCUT2D eigenvalue weighted by Gasteiger charge is -2.32. The fraction of sp³-hybridized carbons (Fsp3) is 0.643. The number of nitrogens with zero attached hydrogens (tertiary/aromatic N) is 2. The molecule has 0 amide bonds. The molecule has 0 aliphatic carbocycles. The highest BCUT2D eigenvalue weighted by atomic mass is 16.5. The van der Waals surface area contributed by atoms with Gasteiger partial charge in [0.15, 0.2) is 0 Å². The van der Waals surface area contributed by atoms with Gasteiger partial charge in [0.05, 0.1) is 19.3 Å². The number of anilines is 1. The summed E-state index contributed by atoms with van der Waals surface area (Å²) in [5.74, 6) is 1.07. The van der Waals surface area contributed by atoms with Crippen LogP contribution >= 0.6 is 0 Å². The van der Waals surface area contributed by atoms with Gasteiger partial charge in [-0.3, -0.25) is 0 Å². The Morgan fingerprint density at radius 1 is 1.28 bits per heavy atom. The minimum absolute atomic E-state index is 0.380. The molecule has 1 aromatic rings. The van der Waals surface area contributed by atoms with Crippen molar-refractivity contribution in [3.63, 3.8) is 0 Å². The van der Waals surface area contributed by atoms with E-state index in [1.165, 1.54) is 0 Å². The molecule has 2 rings (SSSR count).